The minimum atomic E-state index is -0.840. The predicted octanol–water partition coefficient (Wildman–Crippen LogP) is 2.33. The highest BCUT2D eigenvalue weighted by Gasteiger charge is 2.03. The lowest BCUT2D eigenvalue weighted by Gasteiger charge is -2.10. The maximum absolute atomic E-state index is 9.19. The topological polar surface area (TPSA) is 49.7 Å². The van der Waals surface area contributed by atoms with Crippen LogP contribution in [-0.2, 0) is 0 Å². The van der Waals surface area contributed by atoms with Crippen LogP contribution in [0.5, 0.6) is 5.75 Å². The lowest BCUT2D eigenvalue weighted by Crippen LogP contribution is -2.21. The van der Waals surface area contributed by atoms with Crippen LogP contribution in [0.2, 0.25) is 0 Å². The van der Waals surface area contributed by atoms with Gasteiger partial charge in [0.25, 0.3) is 0 Å². The molecule has 2 aromatic rings. The number of ether oxygens (including phenoxy) is 1. The second kappa shape index (κ2) is 5.49. The van der Waals surface area contributed by atoms with Gasteiger partial charge in [-0.25, -0.2) is 0 Å². The average molecular weight is 297 g/mol. The summed E-state index contributed by atoms with van der Waals surface area (Å²) in [5.41, 5.74) is 0. The highest BCUT2D eigenvalue weighted by Crippen LogP contribution is 2.24. The molecule has 2 aromatic carbocycles. The Morgan fingerprint density at radius 3 is 2.65 bits per heavy atom. The second-order valence-corrected chi connectivity index (χ2v) is 4.72. The van der Waals surface area contributed by atoms with E-state index >= 15 is 0 Å². The average Bonchev–Trinajstić information content (AvgIpc) is 2.35. The Balaban J connectivity index is 2.19. The Morgan fingerprint density at radius 2 is 1.88 bits per heavy atom. The highest BCUT2D eigenvalue weighted by molar-refractivity contribution is 9.10. The molecule has 0 aromatic heterocycles. The van der Waals surface area contributed by atoms with Crippen LogP contribution in [0, 0.1) is 0 Å². The first kappa shape index (κ1) is 12.4. The second-order valence-electron chi connectivity index (χ2n) is 3.80. The number of rotatable bonds is 4. The predicted molar refractivity (Wildman–Crippen MR) is 70.2 cm³/mol. The number of hydrogen-bond acceptors (Lipinski definition) is 3. The van der Waals surface area contributed by atoms with Gasteiger partial charge in [-0.2, -0.15) is 0 Å². The van der Waals surface area contributed by atoms with E-state index < -0.39 is 6.10 Å². The SMILES string of the molecule is OCC(O)COc1ccc2ccc(Br)cc2c1. The Hall–Kier alpha value is -1.10. The van der Waals surface area contributed by atoms with Gasteiger partial charge in [0.1, 0.15) is 18.5 Å². The molecule has 0 saturated carbocycles. The normalized spacial score (nSPS) is 12.6. The first-order valence-corrected chi connectivity index (χ1v) is 6.09. The summed E-state index contributed by atoms with van der Waals surface area (Å²) in [5, 5.41) is 20.1. The van der Waals surface area contributed by atoms with Crippen molar-refractivity contribution >= 4 is 26.7 Å². The summed E-state index contributed by atoms with van der Waals surface area (Å²) >= 11 is 3.42. The molecule has 1 unspecified atom stereocenters. The third-order valence-electron chi connectivity index (χ3n) is 2.43. The van der Waals surface area contributed by atoms with Gasteiger partial charge in [0.2, 0.25) is 0 Å². The van der Waals surface area contributed by atoms with E-state index in [9.17, 15) is 5.11 Å². The summed E-state index contributed by atoms with van der Waals surface area (Å²) in [6, 6.07) is 11.7. The van der Waals surface area contributed by atoms with Gasteiger partial charge < -0.3 is 14.9 Å². The van der Waals surface area contributed by atoms with Crippen LogP contribution in [-0.4, -0.2) is 29.5 Å². The number of halogens is 1. The molecule has 2 rings (SSSR count). The molecule has 2 N–H and O–H groups in total. The molecule has 0 bridgehead atoms. The van der Waals surface area contributed by atoms with Crippen LogP contribution >= 0.6 is 15.9 Å². The summed E-state index contributed by atoms with van der Waals surface area (Å²) in [6.45, 7) is -0.199. The van der Waals surface area contributed by atoms with Gasteiger partial charge in [0, 0.05) is 4.47 Å². The number of hydrogen-bond donors (Lipinski definition) is 2. The fraction of sp³-hybridized carbons (Fsp3) is 0.231. The fourth-order valence-corrected chi connectivity index (χ4v) is 1.91. The van der Waals surface area contributed by atoms with E-state index in [1.807, 2.05) is 36.4 Å². The molecule has 0 aliphatic carbocycles. The minimum absolute atomic E-state index is 0.0933. The minimum Gasteiger partial charge on any atom is -0.491 e. The van der Waals surface area contributed by atoms with E-state index in [1.54, 1.807) is 0 Å². The Kier molecular flexibility index (Phi) is 3.99. The van der Waals surface area contributed by atoms with E-state index in [-0.39, 0.29) is 13.2 Å². The van der Waals surface area contributed by atoms with Gasteiger partial charge in [0.05, 0.1) is 6.61 Å². The maximum atomic E-state index is 9.19. The summed E-state index contributed by atoms with van der Waals surface area (Å²) < 4.78 is 6.39. The third-order valence-corrected chi connectivity index (χ3v) is 2.92. The Morgan fingerprint density at radius 1 is 1.12 bits per heavy atom. The Bertz CT molecular complexity index is 513. The quantitative estimate of drug-likeness (QED) is 0.910. The molecular weight excluding hydrogens is 284 g/mol. The molecule has 1 atom stereocenters. The van der Waals surface area contributed by atoms with Crippen molar-refractivity contribution in [1.29, 1.82) is 0 Å². The number of benzene rings is 2. The molecule has 4 heteroatoms. The smallest absolute Gasteiger partial charge is 0.120 e. The number of aliphatic hydroxyl groups is 2. The summed E-state index contributed by atoms with van der Waals surface area (Å²) in [4.78, 5) is 0. The van der Waals surface area contributed by atoms with Crippen molar-refractivity contribution in [1.82, 2.24) is 0 Å². The number of fused-ring (bicyclic) bond motifs is 1. The first-order valence-electron chi connectivity index (χ1n) is 5.30. The fourth-order valence-electron chi connectivity index (χ4n) is 1.53. The van der Waals surface area contributed by atoms with Crippen molar-refractivity contribution in [3.63, 3.8) is 0 Å². The monoisotopic (exact) mass is 296 g/mol. The van der Waals surface area contributed by atoms with E-state index in [1.165, 1.54) is 0 Å². The molecule has 0 aliphatic rings. The molecule has 0 saturated heterocycles. The summed E-state index contributed by atoms with van der Waals surface area (Å²) in [5.74, 6) is 0.683. The van der Waals surface area contributed by atoms with Crippen LogP contribution < -0.4 is 4.74 Å². The van der Waals surface area contributed by atoms with Gasteiger partial charge >= 0.3 is 0 Å². The van der Waals surface area contributed by atoms with E-state index in [0.29, 0.717) is 5.75 Å². The van der Waals surface area contributed by atoms with Crippen molar-refractivity contribution in [2.45, 2.75) is 6.10 Å². The molecule has 0 heterocycles. The van der Waals surface area contributed by atoms with Gasteiger partial charge in [-0.1, -0.05) is 28.1 Å². The molecule has 0 amide bonds. The van der Waals surface area contributed by atoms with Crippen molar-refractivity contribution < 1.29 is 14.9 Å². The van der Waals surface area contributed by atoms with Crippen LogP contribution in [0.3, 0.4) is 0 Å². The molecule has 3 nitrogen and oxygen atoms in total. The molecular formula is C13H13BrO3. The lowest BCUT2D eigenvalue weighted by molar-refractivity contribution is 0.0536. The maximum Gasteiger partial charge on any atom is 0.120 e. The standard InChI is InChI=1S/C13H13BrO3/c14-11-3-1-9-2-4-13(6-10(9)5-11)17-8-12(16)7-15/h1-6,12,15-16H,7-8H2. The van der Waals surface area contributed by atoms with Gasteiger partial charge in [-0.15, -0.1) is 0 Å². The molecule has 0 spiro atoms. The van der Waals surface area contributed by atoms with E-state index in [4.69, 9.17) is 9.84 Å². The molecule has 17 heavy (non-hydrogen) atoms. The first-order chi connectivity index (χ1) is 8.19. The largest absolute Gasteiger partial charge is 0.491 e. The summed E-state index contributed by atoms with van der Waals surface area (Å²) in [7, 11) is 0. The van der Waals surface area contributed by atoms with Crippen molar-refractivity contribution in [3.8, 4) is 5.75 Å². The van der Waals surface area contributed by atoms with Gasteiger partial charge in [0.15, 0.2) is 0 Å². The zero-order chi connectivity index (χ0) is 12.3. The molecule has 90 valence electrons. The lowest BCUT2D eigenvalue weighted by atomic mass is 10.1. The highest BCUT2D eigenvalue weighted by atomic mass is 79.9. The van der Waals surface area contributed by atoms with Crippen LogP contribution in [0.15, 0.2) is 40.9 Å². The van der Waals surface area contributed by atoms with Gasteiger partial charge in [-0.05, 0) is 35.0 Å². The van der Waals surface area contributed by atoms with E-state index in [0.717, 1.165) is 15.2 Å². The van der Waals surface area contributed by atoms with Crippen LogP contribution in [0.4, 0.5) is 0 Å². The molecule has 0 radical (unpaired) electrons. The Labute approximate surface area is 108 Å². The zero-order valence-electron chi connectivity index (χ0n) is 9.14. The van der Waals surface area contributed by atoms with Crippen molar-refractivity contribution in [2.75, 3.05) is 13.2 Å². The zero-order valence-corrected chi connectivity index (χ0v) is 10.7. The van der Waals surface area contributed by atoms with Crippen LogP contribution in [0.1, 0.15) is 0 Å². The van der Waals surface area contributed by atoms with Gasteiger partial charge in [-0.3, -0.25) is 0 Å². The van der Waals surface area contributed by atoms with Crippen molar-refractivity contribution in [2.24, 2.45) is 0 Å². The molecule has 0 aliphatic heterocycles. The summed E-state index contributed by atoms with van der Waals surface area (Å²) in [6.07, 6.45) is -0.840. The van der Waals surface area contributed by atoms with E-state index in [2.05, 4.69) is 15.9 Å². The van der Waals surface area contributed by atoms with Crippen LogP contribution in [0.25, 0.3) is 10.8 Å². The van der Waals surface area contributed by atoms with Crippen molar-refractivity contribution in [3.05, 3.63) is 40.9 Å². The number of aliphatic hydroxyl groups excluding tert-OH is 2. The molecule has 0 fully saturated rings. The third kappa shape index (κ3) is 3.19.